The minimum atomic E-state index is -0.941. The number of carboxylic acid groups (broad SMARTS) is 1. The number of para-hydroxylation sites is 1. The van der Waals surface area contributed by atoms with Crippen LogP contribution < -0.4 is 4.74 Å². The third kappa shape index (κ3) is 6.15. The second kappa shape index (κ2) is 11.1. The highest BCUT2D eigenvalue weighted by atomic mass is 16.6. The van der Waals surface area contributed by atoms with E-state index in [1.807, 2.05) is 18.2 Å². The molecule has 32 heavy (non-hydrogen) atoms. The fourth-order valence-electron chi connectivity index (χ4n) is 3.93. The lowest BCUT2D eigenvalue weighted by molar-refractivity contribution is -0.385. The van der Waals surface area contributed by atoms with Crippen LogP contribution in [0, 0.1) is 33.3 Å². The molecule has 2 aromatic rings. The molecule has 2 aromatic carbocycles. The molecule has 0 radical (unpaired) electrons. The van der Waals surface area contributed by atoms with E-state index in [9.17, 15) is 20.2 Å². The fraction of sp³-hybridized carbons (Fsp3) is 0.333. The third-order valence-electron chi connectivity index (χ3n) is 5.52. The van der Waals surface area contributed by atoms with Gasteiger partial charge in [-0.3, -0.25) is 14.9 Å². The number of ether oxygens (including phenoxy) is 2. The summed E-state index contributed by atoms with van der Waals surface area (Å²) in [6.45, 7) is 1.10. The van der Waals surface area contributed by atoms with Crippen molar-refractivity contribution < 1.29 is 24.3 Å². The molecule has 1 aliphatic heterocycles. The first-order valence-corrected chi connectivity index (χ1v) is 10.4. The first-order valence-electron chi connectivity index (χ1n) is 10.4. The van der Waals surface area contributed by atoms with Gasteiger partial charge in [0.2, 0.25) is 0 Å². The maximum Gasteiger partial charge on any atom is 0.303 e. The molecule has 1 heterocycles. The van der Waals surface area contributed by atoms with E-state index in [1.165, 1.54) is 24.3 Å². The van der Waals surface area contributed by atoms with Gasteiger partial charge in [-0.1, -0.05) is 18.2 Å². The molecule has 1 N–H and O–H groups in total. The Morgan fingerprint density at radius 2 is 1.97 bits per heavy atom. The van der Waals surface area contributed by atoms with E-state index in [-0.39, 0.29) is 35.9 Å². The van der Waals surface area contributed by atoms with E-state index in [0.717, 1.165) is 0 Å². The normalized spacial score (nSPS) is 15.5. The van der Waals surface area contributed by atoms with Gasteiger partial charge in [0.15, 0.2) is 0 Å². The van der Waals surface area contributed by atoms with E-state index in [0.29, 0.717) is 43.1 Å². The quantitative estimate of drug-likeness (QED) is 0.325. The Labute approximate surface area is 185 Å². The maximum absolute atomic E-state index is 11.6. The van der Waals surface area contributed by atoms with Gasteiger partial charge < -0.3 is 14.6 Å². The molecule has 8 nitrogen and oxygen atoms in total. The molecule has 0 aromatic heterocycles. The number of carboxylic acids is 1. The van der Waals surface area contributed by atoms with Gasteiger partial charge in [0.05, 0.1) is 16.6 Å². The molecule has 1 fully saturated rings. The Morgan fingerprint density at radius 3 is 2.59 bits per heavy atom. The molecule has 3 rings (SSSR count). The number of carbonyl (C=O) groups is 1. The lowest BCUT2D eigenvalue weighted by atomic mass is 9.78. The van der Waals surface area contributed by atoms with Crippen molar-refractivity contribution in [2.75, 3.05) is 13.2 Å². The molecule has 1 unspecified atom stereocenters. The van der Waals surface area contributed by atoms with Gasteiger partial charge in [0, 0.05) is 31.3 Å². The second-order valence-corrected chi connectivity index (χ2v) is 7.59. The van der Waals surface area contributed by atoms with Crippen molar-refractivity contribution in [2.24, 2.45) is 11.8 Å². The minimum absolute atomic E-state index is 0.0804. The summed E-state index contributed by atoms with van der Waals surface area (Å²) >= 11 is 0. The SMILES string of the molecule is N#C/C(=C\c1cc(Oc2ccccc2)ccc1[N+](=O)[O-])C(CCC(=O)O)C1CCOCC1. The summed E-state index contributed by atoms with van der Waals surface area (Å²) in [7, 11) is 0. The van der Waals surface area contributed by atoms with Gasteiger partial charge >= 0.3 is 5.97 Å². The molecule has 0 amide bonds. The Kier molecular flexibility index (Phi) is 7.95. The summed E-state index contributed by atoms with van der Waals surface area (Å²) in [6, 6.07) is 15.6. The Bertz CT molecular complexity index is 1020. The number of nitriles is 1. The van der Waals surface area contributed by atoms with Gasteiger partial charge in [-0.25, -0.2) is 0 Å². The molecule has 0 bridgehead atoms. The van der Waals surface area contributed by atoms with Gasteiger partial charge in [0.1, 0.15) is 11.5 Å². The maximum atomic E-state index is 11.6. The fourth-order valence-corrected chi connectivity index (χ4v) is 3.93. The molecule has 0 aliphatic carbocycles. The number of hydrogen-bond donors (Lipinski definition) is 1. The van der Waals surface area contributed by atoms with E-state index in [2.05, 4.69) is 6.07 Å². The van der Waals surface area contributed by atoms with Crippen molar-refractivity contribution in [3.05, 3.63) is 69.8 Å². The van der Waals surface area contributed by atoms with Gasteiger partial charge in [-0.15, -0.1) is 0 Å². The van der Waals surface area contributed by atoms with E-state index in [4.69, 9.17) is 14.6 Å². The Hall–Kier alpha value is -3.70. The van der Waals surface area contributed by atoms with Crippen molar-refractivity contribution in [1.29, 1.82) is 5.26 Å². The van der Waals surface area contributed by atoms with Crippen LogP contribution in [-0.4, -0.2) is 29.2 Å². The van der Waals surface area contributed by atoms with Crippen LogP contribution in [0.2, 0.25) is 0 Å². The molecule has 0 spiro atoms. The number of allylic oxidation sites excluding steroid dienone is 1. The molecular weight excluding hydrogens is 412 g/mol. The zero-order chi connectivity index (χ0) is 22.9. The zero-order valence-electron chi connectivity index (χ0n) is 17.5. The lowest BCUT2D eigenvalue weighted by Gasteiger charge is -2.30. The number of benzene rings is 2. The molecule has 8 heteroatoms. The van der Waals surface area contributed by atoms with Crippen LogP contribution in [0.5, 0.6) is 11.5 Å². The Balaban J connectivity index is 1.97. The predicted octanol–water partition coefficient (Wildman–Crippen LogP) is 5.20. The third-order valence-corrected chi connectivity index (χ3v) is 5.52. The summed E-state index contributed by atoms with van der Waals surface area (Å²) in [5.74, 6) is -0.199. The monoisotopic (exact) mass is 436 g/mol. The van der Waals surface area contributed by atoms with Crippen LogP contribution in [0.3, 0.4) is 0 Å². The van der Waals surface area contributed by atoms with Crippen LogP contribution in [0.4, 0.5) is 5.69 Å². The predicted molar refractivity (Wildman–Crippen MR) is 117 cm³/mol. The number of nitrogens with zero attached hydrogens (tertiary/aromatic N) is 2. The van der Waals surface area contributed by atoms with Gasteiger partial charge in [-0.05, 0) is 61.4 Å². The van der Waals surface area contributed by atoms with Gasteiger partial charge in [-0.2, -0.15) is 5.26 Å². The van der Waals surface area contributed by atoms with E-state index < -0.39 is 10.9 Å². The molecular formula is C24H24N2O6. The summed E-state index contributed by atoms with van der Waals surface area (Å²) in [4.78, 5) is 22.3. The summed E-state index contributed by atoms with van der Waals surface area (Å²) in [5.41, 5.74) is 0.424. The lowest BCUT2D eigenvalue weighted by Crippen LogP contribution is -2.25. The smallest absolute Gasteiger partial charge is 0.303 e. The van der Waals surface area contributed by atoms with E-state index in [1.54, 1.807) is 12.1 Å². The van der Waals surface area contributed by atoms with E-state index >= 15 is 0 Å². The molecule has 1 atom stereocenters. The number of hydrogen-bond acceptors (Lipinski definition) is 6. The van der Waals surface area contributed by atoms with Crippen molar-refractivity contribution in [3.63, 3.8) is 0 Å². The number of aliphatic carboxylic acids is 1. The minimum Gasteiger partial charge on any atom is -0.481 e. The number of nitro benzene ring substituents is 1. The Morgan fingerprint density at radius 1 is 1.25 bits per heavy atom. The summed E-state index contributed by atoms with van der Waals surface area (Å²) in [5, 5.41) is 30.7. The summed E-state index contributed by atoms with van der Waals surface area (Å²) in [6.07, 6.45) is 3.12. The van der Waals surface area contributed by atoms with Crippen LogP contribution in [0.1, 0.15) is 31.2 Å². The van der Waals surface area contributed by atoms with Crippen LogP contribution in [-0.2, 0) is 9.53 Å². The van der Waals surface area contributed by atoms with Gasteiger partial charge in [0.25, 0.3) is 5.69 Å². The second-order valence-electron chi connectivity index (χ2n) is 7.59. The molecule has 1 aliphatic rings. The first kappa shape index (κ1) is 23.0. The highest BCUT2D eigenvalue weighted by Gasteiger charge is 2.28. The first-order chi connectivity index (χ1) is 15.5. The average Bonchev–Trinajstić information content (AvgIpc) is 2.79. The van der Waals surface area contributed by atoms with Crippen molar-refractivity contribution in [2.45, 2.75) is 25.7 Å². The summed E-state index contributed by atoms with van der Waals surface area (Å²) < 4.78 is 11.2. The zero-order valence-corrected chi connectivity index (χ0v) is 17.5. The topological polar surface area (TPSA) is 123 Å². The van der Waals surface area contributed by atoms with Crippen LogP contribution >= 0.6 is 0 Å². The number of nitro groups is 1. The van der Waals surface area contributed by atoms with Crippen molar-refractivity contribution in [1.82, 2.24) is 0 Å². The molecule has 166 valence electrons. The van der Waals surface area contributed by atoms with Crippen LogP contribution in [0.25, 0.3) is 6.08 Å². The highest BCUT2D eigenvalue weighted by molar-refractivity contribution is 5.69. The van der Waals surface area contributed by atoms with Crippen molar-refractivity contribution in [3.8, 4) is 17.6 Å². The standard InChI is InChI=1S/C24H24N2O6/c25-16-19(22(7-9-24(27)28)17-10-12-31-13-11-17)14-18-15-21(6-8-23(18)26(29)30)32-20-4-2-1-3-5-20/h1-6,8,14-15,17,22H,7,9-13H2,(H,27,28)/b19-14+. The average molecular weight is 436 g/mol. The number of rotatable bonds is 9. The van der Waals surface area contributed by atoms with Crippen molar-refractivity contribution >= 4 is 17.7 Å². The highest BCUT2D eigenvalue weighted by Crippen LogP contribution is 2.36. The largest absolute Gasteiger partial charge is 0.481 e. The molecule has 0 saturated carbocycles. The van der Waals surface area contributed by atoms with Crippen LogP contribution in [0.15, 0.2) is 54.1 Å². The molecule has 1 saturated heterocycles.